The van der Waals surface area contributed by atoms with Crippen molar-refractivity contribution in [1.29, 1.82) is 0 Å². The summed E-state index contributed by atoms with van der Waals surface area (Å²) in [6, 6.07) is -0.383. The number of carbonyl (C=O) groups excluding carboxylic acids is 5. The quantitative estimate of drug-likeness (QED) is 0.118. The van der Waals surface area contributed by atoms with E-state index in [2.05, 4.69) is 10.6 Å². The first-order valence-corrected chi connectivity index (χ1v) is 15.1. The minimum atomic E-state index is -1.20. The van der Waals surface area contributed by atoms with E-state index >= 15 is 0 Å². The Bertz CT molecular complexity index is 1050. The number of aliphatic hydroxyl groups is 1. The molecule has 4 N–H and O–H groups in total. The summed E-state index contributed by atoms with van der Waals surface area (Å²) < 4.78 is 0. The van der Waals surface area contributed by atoms with E-state index in [1.165, 1.54) is 28.5 Å². The molecule has 5 unspecified atom stereocenters. The van der Waals surface area contributed by atoms with Crippen molar-refractivity contribution in [2.75, 3.05) is 31.6 Å². The van der Waals surface area contributed by atoms with Crippen LogP contribution in [0, 0.1) is 11.8 Å². The second-order valence-electron chi connectivity index (χ2n) is 9.84. The number of carboxylic acids is 1. The monoisotopic (exact) mass is 584 g/mol. The standard InChI is InChI=1S/C25H36N4O8S2/c1-13-20-19(14(2)30)24(35)29(20)21(25(36)37)22(13)38-10-8-27-17(32)12-39-15-11-18(33)28(23(15)34)9-6-4-5-7-16(31)26-3/h13-15,19-20,30H,4-12H2,1-3H3,(H,26,31)(H,27,32)(H,36,37). The summed E-state index contributed by atoms with van der Waals surface area (Å²) in [6.45, 7) is 3.92. The highest BCUT2D eigenvalue weighted by Gasteiger charge is 2.59. The number of unbranched alkanes of at least 4 members (excludes halogenated alkanes) is 2. The Morgan fingerprint density at radius 2 is 1.82 bits per heavy atom. The molecule has 3 rings (SSSR count). The van der Waals surface area contributed by atoms with E-state index in [9.17, 15) is 39.0 Å². The number of aliphatic hydroxyl groups excluding tert-OH is 1. The van der Waals surface area contributed by atoms with E-state index in [-0.39, 0.29) is 65.9 Å². The minimum Gasteiger partial charge on any atom is -0.477 e. The number of likely N-dealkylation sites (tertiary alicyclic amines) is 1. The van der Waals surface area contributed by atoms with Gasteiger partial charge in [0.1, 0.15) is 5.70 Å². The third-order valence-electron chi connectivity index (χ3n) is 7.18. The van der Waals surface area contributed by atoms with Crippen LogP contribution in [0.25, 0.3) is 0 Å². The highest BCUT2D eigenvalue weighted by Crippen LogP contribution is 2.50. The first-order valence-electron chi connectivity index (χ1n) is 13.0. The van der Waals surface area contributed by atoms with E-state index in [1.54, 1.807) is 7.05 Å². The van der Waals surface area contributed by atoms with Gasteiger partial charge in [-0.3, -0.25) is 28.9 Å². The van der Waals surface area contributed by atoms with Crippen molar-refractivity contribution in [2.45, 2.75) is 63.3 Å². The van der Waals surface area contributed by atoms with E-state index in [4.69, 9.17) is 0 Å². The lowest BCUT2D eigenvalue weighted by Crippen LogP contribution is -2.63. The number of fused-ring (bicyclic) bond motifs is 1. The molecule has 12 nitrogen and oxygen atoms in total. The van der Waals surface area contributed by atoms with E-state index < -0.39 is 23.2 Å². The van der Waals surface area contributed by atoms with Gasteiger partial charge in [0, 0.05) is 49.6 Å². The molecular weight excluding hydrogens is 548 g/mol. The molecule has 0 saturated carbocycles. The van der Waals surface area contributed by atoms with Gasteiger partial charge in [0.25, 0.3) is 0 Å². The number of amides is 5. The highest BCUT2D eigenvalue weighted by molar-refractivity contribution is 8.03. The van der Waals surface area contributed by atoms with Crippen LogP contribution in [0.5, 0.6) is 0 Å². The van der Waals surface area contributed by atoms with Crippen molar-refractivity contribution in [2.24, 2.45) is 11.8 Å². The minimum absolute atomic E-state index is 0.00815. The molecule has 3 aliphatic heterocycles. The molecule has 2 fully saturated rings. The van der Waals surface area contributed by atoms with Crippen molar-refractivity contribution in [3.05, 3.63) is 10.6 Å². The summed E-state index contributed by atoms with van der Waals surface area (Å²) in [7, 11) is 1.58. The maximum atomic E-state index is 12.6. The molecule has 0 aromatic heterocycles. The fourth-order valence-electron chi connectivity index (χ4n) is 5.17. The zero-order chi connectivity index (χ0) is 28.9. The van der Waals surface area contributed by atoms with Crippen LogP contribution in [0.4, 0.5) is 0 Å². The van der Waals surface area contributed by atoms with Crippen LogP contribution in [0.15, 0.2) is 10.6 Å². The Morgan fingerprint density at radius 1 is 1.10 bits per heavy atom. The third-order valence-corrected chi connectivity index (χ3v) is 9.66. The van der Waals surface area contributed by atoms with Crippen molar-refractivity contribution in [3.8, 4) is 0 Å². The van der Waals surface area contributed by atoms with Gasteiger partial charge in [0.05, 0.1) is 29.1 Å². The predicted octanol–water partition coefficient (Wildman–Crippen LogP) is 0.157. The average Bonchev–Trinajstić information content (AvgIpc) is 3.29. The van der Waals surface area contributed by atoms with Gasteiger partial charge in [0.15, 0.2) is 0 Å². The number of hydrogen-bond acceptors (Lipinski definition) is 9. The molecule has 0 spiro atoms. The molecule has 0 aliphatic carbocycles. The molecule has 0 bridgehead atoms. The van der Waals surface area contributed by atoms with Crippen LogP contribution in [0.1, 0.15) is 46.0 Å². The van der Waals surface area contributed by atoms with Gasteiger partial charge in [-0.15, -0.1) is 23.5 Å². The summed E-state index contributed by atoms with van der Waals surface area (Å²) in [5.41, 5.74) is -0.0540. The van der Waals surface area contributed by atoms with Gasteiger partial charge in [-0.1, -0.05) is 13.3 Å². The number of nitrogens with zero attached hydrogens (tertiary/aromatic N) is 2. The molecule has 216 valence electrons. The number of carbonyl (C=O) groups is 6. The zero-order valence-electron chi connectivity index (χ0n) is 22.3. The first-order chi connectivity index (χ1) is 18.5. The smallest absolute Gasteiger partial charge is 0.353 e. The fourth-order valence-corrected chi connectivity index (χ4v) is 7.30. The molecule has 5 atom stereocenters. The van der Waals surface area contributed by atoms with Gasteiger partial charge in [-0.25, -0.2) is 4.79 Å². The highest BCUT2D eigenvalue weighted by atomic mass is 32.2. The van der Waals surface area contributed by atoms with Crippen molar-refractivity contribution < 1.29 is 39.0 Å². The number of imide groups is 1. The summed E-state index contributed by atoms with van der Waals surface area (Å²) in [4.78, 5) is 75.8. The van der Waals surface area contributed by atoms with Crippen LogP contribution in [0.2, 0.25) is 0 Å². The molecular formula is C25H36N4O8S2. The molecule has 3 heterocycles. The molecule has 0 aromatic rings. The summed E-state index contributed by atoms with van der Waals surface area (Å²) in [5, 5.41) is 24.3. The number of rotatable bonds is 15. The first kappa shape index (κ1) is 31.0. The molecule has 0 aromatic carbocycles. The van der Waals surface area contributed by atoms with Crippen molar-refractivity contribution >= 4 is 59.0 Å². The Hall–Kier alpha value is -2.58. The van der Waals surface area contributed by atoms with Crippen molar-refractivity contribution in [3.63, 3.8) is 0 Å². The summed E-state index contributed by atoms with van der Waals surface area (Å²) in [6.07, 6.45) is 1.62. The van der Waals surface area contributed by atoms with Crippen LogP contribution in [0.3, 0.4) is 0 Å². The maximum Gasteiger partial charge on any atom is 0.353 e. The van der Waals surface area contributed by atoms with Gasteiger partial charge in [0.2, 0.25) is 29.5 Å². The van der Waals surface area contributed by atoms with Crippen LogP contribution in [-0.4, -0.2) is 105 Å². The molecule has 2 saturated heterocycles. The van der Waals surface area contributed by atoms with E-state index in [0.29, 0.717) is 36.5 Å². The Morgan fingerprint density at radius 3 is 2.46 bits per heavy atom. The topological polar surface area (TPSA) is 173 Å². The number of carboxylic acid groups (broad SMARTS) is 1. The Kier molecular flexibility index (Phi) is 10.8. The molecule has 5 amide bonds. The van der Waals surface area contributed by atoms with E-state index in [0.717, 1.165) is 18.2 Å². The molecule has 39 heavy (non-hydrogen) atoms. The zero-order valence-corrected chi connectivity index (χ0v) is 23.9. The van der Waals surface area contributed by atoms with Crippen LogP contribution in [-0.2, 0) is 28.8 Å². The largest absolute Gasteiger partial charge is 0.477 e. The number of hydrogen-bond donors (Lipinski definition) is 4. The number of β-lactam (4-membered cyclic amide) rings is 1. The van der Waals surface area contributed by atoms with Gasteiger partial charge in [-0.05, 0) is 19.8 Å². The maximum absolute atomic E-state index is 12.6. The van der Waals surface area contributed by atoms with E-state index in [1.807, 2.05) is 6.92 Å². The molecule has 14 heteroatoms. The SMILES string of the molecule is CNC(=O)CCCCCN1C(=O)CC(SCC(=O)NCCSC2=C(C(=O)O)N3C(=O)C(C(C)O)C3C2C)C1=O. The number of aliphatic carboxylic acids is 1. The predicted molar refractivity (Wildman–Crippen MR) is 145 cm³/mol. The third kappa shape index (κ3) is 6.95. The van der Waals surface area contributed by atoms with Crippen LogP contribution >= 0.6 is 23.5 Å². The summed E-state index contributed by atoms with van der Waals surface area (Å²) >= 11 is 2.39. The lowest BCUT2D eigenvalue weighted by Gasteiger charge is -2.46. The Labute approximate surface area is 235 Å². The summed E-state index contributed by atoms with van der Waals surface area (Å²) in [5.74, 6) is -2.95. The molecule has 3 aliphatic rings. The average molecular weight is 585 g/mol. The lowest BCUT2D eigenvalue weighted by molar-refractivity contribution is -0.163. The van der Waals surface area contributed by atoms with Gasteiger partial charge >= 0.3 is 5.97 Å². The van der Waals surface area contributed by atoms with Gasteiger partial charge < -0.3 is 25.7 Å². The number of thioether (sulfide) groups is 2. The lowest BCUT2D eigenvalue weighted by atomic mass is 9.79. The van der Waals surface area contributed by atoms with Crippen LogP contribution < -0.4 is 10.6 Å². The number of nitrogens with one attached hydrogen (secondary N) is 2. The normalized spacial score (nSPS) is 25.1. The fraction of sp³-hybridized carbons (Fsp3) is 0.680. The van der Waals surface area contributed by atoms with Gasteiger partial charge in [-0.2, -0.15) is 0 Å². The second kappa shape index (κ2) is 13.7. The Balaban J connectivity index is 1.38. The van der Waals surface area contributed by atoms with Crippen molar-refractivity contribution in [1.82, 2.24) is 20.4 Å². The molecule has 0 radical (unpaired) electrons. The second-order valence-corrected chi connectivity index (χ2v) is 12.2.